The molecule has 1 aromatic heterocycles. The van der Waals surface area contributed by atoms with Gasteiger partial charge in [-0.3, -0.25) is 4.79 Å². The Bertz CT molecular complexity index is 845. The number of anilines is 1. The van der Waals surface area contributed by atoms with E-state index in [2.05, 4.69) is 16.3 Å². The quantitative estimate of drug-likeness (QED) is 0.714. The highest BCUT2D eigenvalue weighted by Gasteiger charge is 2.20. The summed E-state index contributed by atoms with van der Waals surface area (Å²) in [5, 5.41) is 17.6. The number of carbonyl (C=O) groups excluding carboxylic acids is 1. The van der Waals surface area contributed by atoms with Gasteiger partial charge in [0.1, 0.15) is 19.0 Å². The maximum absolute atomic E-state index is 12.8. The van der Waals surface area contributed by atoms with Crippen LogP contribution in [0.2, 0.25) is 0 Å². The number of aryl methyl sites for hydroxylation is 1. The maximum atomic E-state index is 12.8. The van der Waals surface area contributed by atoms with Crippen molar-refractivity contribution in [2.75, 3.05) is 30.4 Å². The van der Waals surface area contributed by atoms with E-state index in [9.17, 15) is 4.79 Å². The van der Waals surface area contributed by atoms with Gasteiger partial charge in [0.15, 0.2) is 16.7 Å². The number of fused-ring (bicyclic) bond motifs is 1. The molecule has 3 rings (SSSR count). The molecule has 8 nitrogen and oxygen atoms in total. The van der Waals surface area contributed by atoms with E-state index in [1.807, 2.05) is 18.5 Å². The lowest BCUT2D eigenvalue weighted by Gasteiger charge is -2.24. The molecule has 0 radical (unpaired) electrons. The van der Waals surface area contributed by atoms with Crippen LogP contribution in [0.3, 0.4) is 0 Å². The first-order valence-electron chi connectivity index (χ1n) is 8.16. The summed E-state index contributed by atoms with van der Waals surface area (Å²) in [7, 11) is 1.86. The van der Waals surface area contributed by atoms with Crippen LogP contribution < -0.4 is 14.4 Å². The van der Waals surface area contributed by atoms with Gasteiger partial charge in [-0.2, -0.15) is 5.26 Å². The minimum Gasteiger partial charge on any atom is -0.486 e. The molecule has 0 unspecified atom stereocenters. The highest BCUT2D eigenvalue weighted by molar-refractivity contribution is 7.99. The van der Waals surface area contributed by atoms with Crippen molar-refractivity contribution in [3.63, 3.8) is 0 Å². The summed E-state index contributed by atoms with van der Waals surface area (Å²) in [4.78, 5) is 14.4. The summed E-state index contributed by atoms with van der Waals surface area (Å²) in [5.41, 5.74) is 0.684. The normalized spacial score (nSPS) is 12.5. The lowest BCUT2D eigenvalue weighted by atomic mass is 10.2. The van der Waals surface area contributed by atoms with Crippen LogP contribution in [0, 0.1) is 18.3 Å². The zero-order valence-corrected chi connectivity index (χ0v) is 15.5. The zero-order valence-electron chi connectivity index (χ0n) is 14.6. The van der Waals surface area contributed by atoms with Crippen molar-refractivity contribution in [3.8, 4) is 17.6 Å². The van der Waals surface area contributed by atoms with Crippen LogP contribution in [0.25, 0.3) is 0 Å². The Kier molecular flexibility index (Phi) is 5.63. The van der Waals surface area contributed by atoms with E-state index in [1.54, 1.807) is 23.1 Å². The van der Waals surface area contributed by atoms with Gasteiger partial charge in [-0.15, -0.1) is 10.2 Å². The third-order valence-corrected chi connectivity index (χ3v) is 4.97. The SMILES string of the molecule is Cc1nnc(SCC(=O)N(CCC#N)c2ccc3c(c2)OCCO3)n1C. The van der Waals surface area contributed by atoms with E-state index in [0.717, 1.165) is 5.82 Å². The van der Waals surface area contributed by atoms with Crippen molar-refractivity contribution in [2.24, 2.45) is 7.05 Å². The Morgan fingerprint density at radius 2 is 2.12 bits per heavy atom. The number of rotatable bonds is 6. The first-order chi connectivity index (χ1) is 12.6. The molecule has 0 saturated carbocycles. The molecule has 1 aromatic carbocycles. The molecule has 1 amide bonds. The van der Waals surface area contributed by atoms with Crippen LogP contribution in [-0.2, 0) is 11.8 Å². The van der Waals surface area contributed by atoms with Crippen LogP contribution in [0.1, 0.15) is 12.2 Å². The molecule has 0 spiro atoms. The van der Waals surface area contributed by atoms with Gasteiger partial charge < -0.3 is 18.9 Å². The maximum Gasteiger partial charge on any atom is 0.237 e. The molecule has 1 aliphatic rings. The predicted octanol–water partition coefficient (Wildman–Crippen LogP) is 1.93. The fourth-order valence-electron chi connectivity index (χ4n) is 2.48. The molecule has 136 valence electrons. The van der Waals surface area contributed by atoms with Crippen LogP contribution in [-0.4, -0.2) is 46.2 Å². The molecule has 0 atom stereocenters. The molecule has 0 fully saturated rings. The van der Waals surface area contributed by atoms with Crippen molar-refractivity contribution in [1.82, 2.24) is 14.8 Å². The van der Waals surface area contributed by atoms with Crippen LogP contribution >= 0.6 is 11.8 Å². The molecular weight excluding hydrogens is 354 g/mol. The summed E-state index contributed by atoms with van der Waals surface area (Å²) in [5.74, 6) is 2.15. The minimum absolute atomic E-state index is 0.109. The van der Waals surface area contributed by atoms with Gasteiger partial charge in [0, 0.05) is 25.3 Å². The summed E-state index contributed by atoms with van der Waals surface area (Å²) in [6.45, 7) is 3.15. The van der Waals surface area contributed by atoms with E-state index in [4.69, 9.17) is 14.7 Å². The van der Waals surface area contributed by atoms with Crippen molar-refractivity contribution in [1.29, 1.82) is 5.26 Å². The zero-order chi connectivity index (χ0) is 18.5. The first-order valence-corrected chi connectivity index (χ1v) is 9.14. The Hall–Kier alpha value is -2.73. The van der Waals surface area contributed by atoms with Gasteiger partial charge in [0.05, 0.1) is 18.2 Å². The highest BCUT2D eigenvalue weighted by atomic mass is 32.2. The van der Waals surface area contributed by atoms with Crippen LogP contribution in [0.4, 0.5) is 5.69 Å². The lowest BCUT2D eigenvalue weighted by molar-refractivity contribution is -0.116. The summed E-state index contributed by atoms with van der Waals surface area (Å²) < 4.78 is 12.9. The number of nitrogens with zero attached hydrogens (tertiary/aromatic N) is 5. The molecule has 1 aliphatic heterocycles. The number of thioether (sulfide) groups is 1. The summed E-state index contributed by atoms with van der Waals surface area (Å²) in [6, 6.07) is 7.46. The molecule has 0 N–H and O–H groups in total. The highest BCUT2D eigenvalue weighted by Crippen LogP contribution is 2.34. The average Bonchev–Trinajstić information content (AvgIpc) is 2.98. The Morgan fingerprint density at radius 1 is 1.35 bits per heavy atom. The number of hydrogen-bond acceptors (Lipinski definition) is 7. The second-order valence-corrected chi connectivity index (χ2v) is 6.60. The standard InChI is InChI=1S/C17H19N5O3S/c1-12-19-20-17(21(12)2)26-11-16(23)22(7-3-6-18)13-4-5-14-15(10-13)25-9-8-24-14/h4-5,10H,3,7-9,11H2,1-2H3. The predicted molar refractivity (Wildman–Crippen MR) is 96.5 cm³/mol. The summed E-state index contributed by atoms with van der Waals surface area (Å²) >= 11 is 1.32. The lowest BCUT2D eigenvalue weighted by Crippen LogP contribution is -2.33. The third-order valence-electron chi connectivity index (χ3n) is 3.96. The van der Waals surface area contributed by atoms with Crippen molar-refractivity contribution >= 4 is 23.4 Å². The number of carbonyl (C=O) groups is 1. The molecule has 0 saturated heterocycles. The number of amides is 1. The molecule has 9 heteroatoms. The monoisotopic (exact) mass is 373 g/mol. The van der Waals surface area contributed by atoms with Crippen LogP contribution in [0.5, 0.6) is 11.5 Å². The fraction of sp³-hybridized carbons (Fsp3) is 0.412. The number of nitriles is 1. The van der Waals surface area contributed by atoms with E-state index < -0.39 is 0 Å². The fourth-order valence-corrected chi connectivity index (χ4v) is 3.31. The van der Waals surface area contributed by atoms with Crippen molar-refractivity contribution in [3.05, 3.63) is 24.0 Å². The van der Waals surface area contributed by atoms with Gasteiger partial charge in [-0.1, -0.05) is 11.8 Å². The van der Waals surface area contributed by atoms with Gasteiger partial charge in [0.25, 0.3) is 0 Å². The third kappa shape index (κ3) is 3.91. The summed E-state index contributed by atoms with van der Waals surface area (Å²) in [6.07, 6.45) is 0.244. The van der Waals surface area contributed by atoms with Crippen LogP contribution in [0.15, 0.2) is 23.4 Å². The number of aromatic nitrogens is 3. The van der Waals surface area contributed by atoms with Gasteiger partial charge in [-0.25, -0.2) is 0 Å². The molecule has 26 heavy (non-hydrogen) atoms. The Morgan fingerprint density at radius 3 is 2.81 bits per heavy atom. The Labute approximate surface area is 155 Å². The number of hydrogen-bond donors (Lipinski definition) is 0. The Balaban J connectivity index is 1.75. The molecule has 0 aliphatic carbocycles. The largest absolute Gasteiger partial charge is 0.486 e. The second kappa shape index (κ2) is 8.10. The first kappa shape index (κ1) is 18.1. The van der Waals surface area contributed by atoms with Gasteiger partial charge in [0.2, 0.25) is 5.91 Å². The van der Waals surface area contributed by atoms with Gasteiger partial charge >= 0.3 is 0 Å². The molecule has 2 heterocycles. The topological polar surface area (TPSA) is 93.3 Å². The van der Waals surface area contributed by atoms with Gasteiger partial charge in [-0.05, 0) is 19.1 Å². The number of ether oxygens (including phenoxy) is 2. The average molecular weight is 373 g/mol. The van der Waals surface area contributed by atoms with Crippen molar-refractivity contribution in [2.45, 2.75) is 18.5 Å². The van der Waals surface area contributed by atoms with E-state index in [0.29, 0.717) is 42.1 Å². The number of benzene rings is 1. The molecule has 0 bridgehead atoms. The molecular formula is C17H19N5O3S. The van der Waals surface area contributed by atoms with E-state index in [-0.39, 0.29) is 18.1 Å². The van der Waals surface area contributed by atoms with Crippen molar-refractivity contribution < 1.29 is 14.3 Å². The van der Waals surface area contributed by atoms with E-state index in [1.165, 1.54) is 11.8 Å². The minimum atomic E-state index is -0.109. The van der Waals surface area contributed by atoms with E-state index >= 15 is 0 Å². The smallest absolute Gasteiger partial charge is 0.237 e. The second-order valence-electron chi connectivity index (χ2n) is 5.66. The molecule has 2 aromatic rings.